The third-order valence-electron chi connectivity index (χ3n) is 5.26. The lowest BCUT2D eigenvalue weighted by Crippen LogP contribution is -2.11. The van der Waals surface area contributed by atoms with E-state index in [9.17, 15) is 18.5 Å². The van der Waals surface area contributed by atoms with Crippen molar-refractivity contribution in [2.45, 2.75) is 31.7 Å². The van der Waals surface area contributed by atoms with Gasteiger partial charge in [-0.25, -0.2) is 8.60 Å². The number of carbonyl (C=O) groups is 1. The van der Waals surface area contributed by atoms with Crippen LogP contribution >= 0.6 is 0 Å². The van der Waals surface area contributed by atoms with Crippen molar-refractivity contribution < 1.29 is 18.5 Å². The zero-order chi connectivity index (χ0) is 21.4. The second kappa shape index (κ2) is 7.91. The summed E-state index contributed by atoms with van der Waals surface area (Å²) in [6, 6.07) is 15.6. The fraction of sp³-hybridized carbons (Fsp3) is 0.174. The molecule has 2 aromatic carbocycles. The number of aromatic nitrogens is 2. The van der Waals surface area contributed by atoms with Gasteiger partial charge in [0.15, 0.2) is 11.0 Å². The first-order chi connectivity index (χ1) is 14.3. The molecule has 2 aromatic heterocycles. The summed E-state index contributed by atoms with van der Waals surface area (Å²) in [6.07, 6.45) is 2.17. The lowest BCUT2D eigenvalue weighted by Gasteiger charge is -2.10. The van der Waals surface area contributed by atoms with E-state index < -0.39 is 17.0 Å². The van der Waals surface area contributed by atoms with Crippen LogP contribution in [0.5, 0.6) is 0 Å². The van der Waals surface area contributed by atoms with Crippen LogP contribution in [0, 0.1) is 19.7 Å². The van der Waals surface area contributed by atoms with Crippen LogP contribution in [0.1, 0.15) is 22.5 Å². The maximum Gasteiger partial charge on any atom is 0.323 e. The van der Waals surface area contributed by atoms with E-state index in [-0.39, 0.29) is 12.4 Å². The van der Waals surface area contributed by atoms with Crippen molar-refractivity contribution >= 4 is 27.9 Å². The highest BCUT2D eigenvalue weighted by atomic mass is 32.2. The molecule has 7 heteroatoms. The Labute approximate surface area is 176 Å². The molecule has 0 fully saturated rings. The Morgan fingerprint density at radius 2 is 1.83 bits per heavy atom. The topological polar surface area (TPSA) is 64.2 Å². The van der Waals surface area contributed by atoms with E-state index >= 15 is 0 Å². The monoisotopic (exact) mass is 424 g/mol. The van der Waals surface area contributed by atoms with Gasteiger partial charge in [0.1, 0.15) is 12.4 Å². The Hall–Kier alpha value is -3.19. The van der Waals surface area contributed by atoms with Crippen molar-refractivity contribution in [1.29, 1.82) is 0 Å². The third kappa shape index (κ3) is 3.68. The summed E-state index contributed by atoms with van der Waals surface area (Å²) in [7, 11) is -1.41. The lowest BCUT2D eigenvalue weighted by atomic mass is 10.1. The molecular formula is C23H21FN2O3S. The quantitative estimate of drug-likeness (QED) is 0.498. The average molecular weight is 424 g/mol. The molecule has 154 valence electrons. The molecule has 1 unspecified atom stereocenters. The van der Waals surface area contributed by atoms with Crippen LogP contribution in [0.25, 0.3) is 10.9 Å². The van der Waals surface area contributed by atoms with Gasteiger partial charge in [0, 0.05) is 34.9 Å². The summed E-state index contributed by atoms with van der Waals surface area (Å²) >= 11 is 0. The molecule has 1 N–H and O–H groups in total. The first-order valence-corrected chi connectivity index (χ1v) is 10.6. The lowest BCUT2D eigenvalue weighted by molar-refractivity contribution is -0.137. The summed E-state index contributed by atoms with van der Waals surface area (Å²) in [5.74, 6) is -1.34. The maximum atomic E-state index is 14.0. The number of rotatable bonds is 6. The van der Waals surface area contributed by atoms with Crippen LogP contribution in [-0.4, -0.2) is 23.8 Å². The number of nitrogens with zero attached hydrogens (tertiary/aromatic N) is 2. The SMILES string of the molecule is Cc1ccc(S(=O)n2cccc2Cc2c(C)n(CC(=O)O)c3ccc(F)cc23)cc1. The number of aliphatic carboxylic acids is 1. The highest BCUT2D eigenvalue weighted by Crippen LogP contribution is 2.29. The normalized spacial score (nSPS) is 12.4. The molecule has 0 aliphatic rings. The minimum Gasteiger partial charge on any atom is -0.480 e. The van der Waals surface area contributed by atoms with Crippen LogP contribution in [-0.2, 0) is 28.7 Å². The fourth-order valence-electron chi connectivity index (χ4n) is 3.74. The molecule has 0 saturated carbocycles. The predicted octanol–water partition coefficient (Wildman–Crippen LogP) is 4.45. The van der Waals surface area contributed by atoms with Gasteiger partial charge in [-0.05, 0) is 61.9 Å². The van der Waals surface area contributed by atoms with E-state index in [4.69, 9.17) is 0 Å². The van der Waals surface area contributed by atoms with Gasteiger partial charge in [0.25, 0.3) is 0 Å². The number of carboxylic acid groups (broad SMARTS) is 1. The first kappa shape index (κ1) is 20.1. The largest absolute Gasteiger partial charge is 0.480 e. The molecule has 30 heavy (non-hydrogen) atoms. The van der Waals surface area contributed by atoms with Crippen molar-refractivity contribution in [3.63, 3.8) is 0 Å². The molecule has 0 aliphatic carbocycles. The van der Waals surface area contributed by atoms with E-state index in [1.807, 2.05) is 50.2 Å². The highest BCUT2D eigenvalue weighted by Gasteiger charge is 2.19. The van der Waals surface area contributed by atoms with Crippen LogP contribution < -0.4 is 0 Å². The van der Waals surface area contributed by atoms with E-state index in [0.29, 0.717) is 22.2 Å². The average Bonchev–Trinajstić information content (AvgIpc) is 3.26. The zero-order valence-electron chi connectivity index (χ0n) is 16.6. The van der Waals surface area contributed by atoms with Crippen LogP contribution in [0.3, 0.4) is 0 Å². The molecular weight excluding hydrogens is 403 g/mol. The van der Waals surface area contributed by atoms with E-state index in [0.717, 1.165) is 22.5 Å². The number of hydrogen-bond donors (Lipinski definition) is 1. The van der Waals surface area contributed by atoms with Gasteiger partial charge in [-0.1, -0.05) is 17.7 Å². The molecule has 0 aliphatic heterocycles. The summed E-state index contributed by atoms with van der Waals surface area (Å²) < 4.78 is 30.5. The number of hydrogen-bond acceptors (Lipinski definition) is 2. The van der Waals surface area contributed by atoms with Crippen LogP contribution in [0.2, 0.25) is 0 Å². The fourth-order valence-corrected chi connectivity index (χ4v) is 4.85. The molecule has 5 nitrogen and oxygen atoms in total. The second-order valence-corrected chi connectivity index (χ2v) is 8.63. The molecule has 0 radical (unpaired) electrons. The number of fused-ring (bicyclic) bond motifs is 1. The van der Waals surface area contributed by atoms with E-state index in [1.54, 1.807) is 20.8 Å². The first-order valence-electron chi connectivity index (χ1n) is 9.49. The standard InChI is InChI=1S/C23H21FN2O3S/c1-15-5-8-19(9-6-15)30(29)26-11-3-4-18(26)13-20-16(2)25(14-23(27)28)22-10-7-17(24)12-21(20)22/h3-12H,13-14H2,1-2H3,(H,27,28). The smallest absolute Gasteiger partial charge is 0.323 e. The number of aryl methyl sites for hydroxylation is 1. The highest BCUT2D eigenvalue weighted by molar-refractivity contribution is 7.83. The van der Waals surface area contributed by atoms with Gasteiger partial charge in [0.2, 0.25) is 0 Å². The molecule has 0 saturated heterocycles. The van der Waals surface area contributed by atoms with Gasteiger partial charge in [-0.3, -0.25) is 8.77 Å². The van der Waals surface area contributed by atoms with E-state index in [1.165, 1.54) is 12.1 Å². The summed E-state index contributed by atoms with van der Waals surface area (Å²) in [5.41, 5.74) is 4.14. The van der Waals surface area contributed by atoms with Crippen LogP contribution in [0.15, 0.2) is 65.7 Å². The minimum atomic E-state index is -1.41. The third-order valence-corrected chi connectivity index (χ3v) is 6.65. The van der Waals surface area contributed by atoms with Crippen molar-refractivity contribution in [3.8, 4) is 0 Å². The number of halogens is 1. The van der Waals surface area contributed by atoms with Crippen LogP contribution in [0.4, 0.5) is 4.39 Å². The molecule has 2 heterocycles. The van der Waals surface area contributed by atoms with Crippen molar-refractivity contribution in [2.24, 2.45) is 0 Å². The second-order valence-electron chi connectivity index (χ2n) is 7.27. The van der Waals surface area contributed by atoms with E-state index in [2.05, 4.69) is 0 Å². The molecule has 0 bridgehead atoms. The van der Waals surface area contributed by atoms with Crippen molar-refractivity contribution in [3.05, 3.63) is 89.1 Å². The van der Waals surface area contributed by atoms with Gasteiger partial charge >= 0.3 is 5.97 Å². The predicted molar refractivity (Wildman–Crippen MR) is 114 cm³/mol. The Bertz CT molecular complexity index is 1270. The van der Waals surface area contributed by atoms with Crippen molar-refractivity contribution in [1.82, 2.24) is 8.54 Å². The van der Waals surface area contributed by atoms with Gasteiger partial charge < -0.3 is 9.67 Å². The Morgan fingerprint density at radius 3 is 2.53 bits per heavy atom. The Morgan fingerprint density at radius 1 is 1.10 bits per heavy atom. The van der Waals surface area contributed by atoms with Gasteiger partial charge in [-0.15, -0.1) is 0 Å². The summed E-state index contributed by atoms with van der Waals surface area (Å²) in [6.45, 7) is 3.60. The molecule has 4 rings (SSSR count). The van der Waals surface area contributed by atoms with Gasteiger partial charge in [-0.2, -0.15) is 0 Å². The maximum absolute atomic E-state index is 14.0. The molecule has 0 spiro atoms. The Kier molecular flexibility index (Phi) is 5.30. The number of carboxylic acids is 1. The Balaban J connectivity index is 1.77. The van der Waals surface area contributed by atoms with Crippen molar-refractivity contribution in [2.75, 3.05) is 0 Å². The number of benzene rings is 2. The zero-order valence-corrected chi connectivity index (χ0v) is 17.4. The minimum absolute atomic E-state index is 0.204. The molecule has 1 atom stereocenters. The summed E-state index contributed by atoms with van der Waals surface area (Å²) in [5, 5.41) is 9.96. The molecule has 4 aromatic rings. The summed E-state index contributed by atoms with van der Waals surface area (Å²) in [4.78, 5) is 12.0. The molecule has 0 amide bonds. The van der Waals surface area contributed by atoms with Gasteiger partial charge in [0.05, 0.1) is 4.90 Å².